The van der Waals surface area contributed by atoms with Crippen LogP contribution in [0.3, 0.4) is 0 Å². The van der Waals surface area contributed by atoms with Crippen LogP contribution in [0, 0.1) is 0 Å². The van der Waals surface area contributed by atoms with Crippen LogP contribution in [0.25, 0.3) is 0 Å². The number of carbonyl (C=O) groups is 2. The standard InChI is InChI=1S/C15H12Cl2N2O2/c1-19(11-5-3-2-4-6-11)15(21)14(20)18-13-9-10(16)7-8-12(13)17/h2-9H,1H3,(H,18,20). The molecule has 0 heterocycles. The lowest BCUT2D eigenvalue weighted by Gasteiger charge is -2.17. The first kappa shape index (κ1) is 15.4. The molecular formula is C15H12Cl2N2O2. The van der Waals surface area contributed by atoms with Crippen molar-refractivity contribution in [3.8, 4) is 0 Å². The van der Waals surface area contributed by atoms with E-state index in [1.54, 1.807) is 36.4 Å². The molecule has 0 aromatic heterocycles. The van der Waals surface area contributed by atoms with Gasteiger partial charge in [0.05, 0.1) is 10.7 Å². The first-order chi connectivity index (χ1) is 9.99. The van der Waals surface area contributed by atoms with Gasteiger partial charge in [0, 0.05) is 17.8 Å². The molecule has 0 saturated heterocycles. The third-order valence-corrected chi connectivity index (χ3v) is 3.38. The second kappa shape index (κ2) is 6.61. The van der Waals surface area contributed by atoms with Gasteiger partial charge in [0.15, 0.2) is 0 Å². The molecule has 2 aromatic carbocycles. The molecule has 4 nitrogen and oxygen atoms in total. The summed E-state index contributed by atoms with van der Waals surface area (Å²) in [4.78, 5) is 25.3. The maximum atomic E-state index is 12.1. The minimum Gasteiger partial charge on any atom is -0.316 e. The maximum Gasteiger partial charge on any atom is 0.316 e. The average Bonchev–Trinajstić information content (AvgIpc) is 2.50. The van der Waals surface area contributed by atoms with Gasteiger partial charge >= 0.3 is 11.8 Å². The lowest BCUT2D eigenvalue weighted by molar-refractivity contribution is -0.134. The van der Waals surface area contributed by atoms with Crippen molar-refractivity contribution in [3.05, 3.63) is 58.6 Å². The summed E-state index contributed by atoms with van der Waals surface area (Å²) in [6, 6.07) is 13.5. The van der Waals surface area contributed by atoms with Crippen molar-refractivity contribution >= 4 is 46.4 Å². The molecule has 0 aliphatic carbocycles. The fourth-order valence-electron chi connectivity index (χ4n) is 1.69. The molecule has 2 rings (SSSR count). The summed E-state index contributed by atoms with van der Waals surface area (Å²) in [5.74, 6) is -1.48. The molecule has 2 aromatic rings. The Hall–Kier alpha value is -2.04. The van der Waals surface area contributed by atoms with E-state index in [4.69, 9.17) is 23.2 Å². The minimum absolute atomic E-state index is 0.295. The molecule has 0 spiro atoms. The average molecular weight is 323 g/mol. The number of nitrogens with one attached hydrogen (secondary N) is 1. The van der Waals surface area contributed by atoms with Gasteiger partial charge in [-0.25, -0.2) is 0 Å². The van der Waals surface area contributed by atoms with Gasteiger partial charge in [0.2, 0.25) is 0 Å². The van der Waals surface area contributed by atoms with Crippen LogP contribution in [0.15, 0.2) is 48.5 Å². The van der Waals surface area contributed by atoms with Gasteiger partial charge < -0.3 is 10.2 Å². The Balaban J connectivity index is 2.13. The molecule has 6 heteroatoms. The van der Waals surface area contributed by atoms with Crippen molar-refractivity contribution in [2.45, 2.75) is 0 Å². The molecule has 2 amide bonds. The smallest absolute Gasteiger partial charge is 0.316 e. The molecule has 108 valence electrons. The van der Waals surface area contributed by atoms with Gasteiger partial charge in [-0.05, 0) is 30.3 Å². The van der Waals surface area contributed by atoms with Gasteiger partial charge in [-0.3, -0.25) is 9.59 Å². The Morgan fingerprint density at radius 3 is 2.38 bits per heavy atom. The summed E-state index contributed by atoms with van der Waals surface area (Å²) in [5.41, 5.74) is 0.916. The van der Waals surface area contributed by atoms with E-state index in [1.165, 1.54) is 18.0 Å². The third kappa shape index (κ3) is 3.74. The van der Waals surface area contributed by atoms with E-state index >= 15 is 0 Å². The van der Waals surface area contributed by atoms with Crippen LogP contribution in [0.1, 0.15) is 0 Å². The van der Waals surface area contributed by atoms with Crippen LogP contribution >= 0.6 is 23.2 Å². The number of carbonyl (C=O) groups excluding carboxylic acids is 2. The van der Waals surface area contributed by atoms with Crippen molar-refractivity contribution in [3.63, 3.8) is 0 Å². The fourth-order valence-corrected chi connectivity index (χ4v) is 2.03. The van der Waals surface area contributed by atoms with Gasteiger partial charge in [-0.1, -0.05) is 41.4 Å². The topological polar surface area (TPSA) is 49.4 Å². The van der Waals surface area contributed by atoms with Gasteiger partial charge in [0.1, 0.15) is 0 Å². The number of nitrogens with zero attached hydrogens (tertiary/aromatic N) is 1. The zero-order chi connectivity index (χ0) is 15.4. The van der Waals surface area contributed by atoms with Crippen LogP contribution in [0.2, 0.25) is 10.0 Å². The molecule has 0 fully saturated rings. The quantitative estimate of drug-likeness (QED) is 0.859. The summed E-state index contributed by atoms with van der Waals surface area (Å²) >= 11 is 11.8. The van der Waals surface area contributed by atoms with E-state index in [1.807, 2.05) is 6.07 Å². The third-order valence-electron chi connectivity index (χ3n) is 2.82. The summed E-state index contributed by atoms with van der Waals surface area (Å²) in [6.07, 6.45) is 0. The normalized spacial score (nSPS) is 10.0. The maximum absolute atomic E-state index is 12.1. The lowest BCUT2D eigenvalue weighted by atomic mass is 10.3. The van der Waals surface area contributed by atoms with E-state index in [2.05, 4.69) is 5.32 Å². The highest BCUT2D eigenvalue weighted by Crippen LogP contribution is 2.25. The second-order valence-electron chi connectivity index (χ2n) is 4.28. The zero-order valence-corrected chi connectivity index (χ0v) is 12.7. The number of hydrogen-bond donors (Lipinski definition) is 1. The number of hydrogen-bond acceptors (Lipinski definition) is 2. The lowest BCUT2D eigenvalue weighted by Crippen LogP contribution is -2.37. The van der Waals surface area contributed by atoms with Crippen molar-refractivity contribution in [2.24, 2.45) is 0 Å². The second-order valence-corrected chi connectivity index (χ2v) is 5.12. The summed E-state index contributed by atoms with van der Waals surface area (Å²) in [5, 5.41) is 3.18. The number of benzene rings is 2. The molecule has 0 aliphatic heterocycles. The van der Waals surface area contributed by atoms with E-state index in [9.17, 15) is 9.59 Å². The number of rotatable bonds is 2. The molecule has 0 unspecified atom stereocenters. The number of amides is 2. The molecule has 0 radical (unpaired) electrons. The summed E-state index contributed by atoms with van der Waals surface area (Å²) in [6.45, 7) is 0. The molecule has 21 heavy (non-hydrogen) atoms. The Labute approximate surface area is 132 Å². The van der Waals surface area contributed by atoms with Crippen LogP contribution in [0.4, 0.5) is 11.4 Å². The van der Waals surface area contributed by atoms with Crippen LogP contribution < -0.4 is 10.2 Å². The summed E-state index contributed by atoms with van der Waals surface area (Å²) < 4.78 is 0. The Morgan fingerprint density at radius 1 is 1.05 bits per heavy atom. The minimum atomic E-state index is -0.787. The number of para-hydroxylation sites is 1. The van der Waals surface area contributed by atoms with Gasteiger partial charge in [0.25, 0.3) is 0 Å². The molecule has 0 bridgehead atoms. The monoisotopic (exact) mass is 322 g/mol. The molecule has 1 N–H and O–H groups in total. The molecule has 0 aliphatic rings. The Kier molecular flexibility index (Phi) is 4.83. The van der Waals surface area contributed by atoms with Gasteiger partial charge in [-0.2, -0.15) is 0 Å². The highest BCUT2D eigenvalue weighted by Gasteiger charge is 2.20. The summed E-state index contributed by atoms with van der Waals surface area (Å²) in [7, 11) is 1.52. The SMILES string of the molecule is CN(C(=O)C(=O)Nc1cc(Cl)ccc1Cl)c1ccccc1. The van der Waals surface area contributed by atoms with E-state index in [-0.39, 0.29) is 0 Å². The Morgan fingerprint density at radius 2 is 1.71 bits per heavy atom. The Bertz CT molecular complexity index is 675. The zero-order valence-electron chi connectivity index (χ0n) is 11.1. The van der Waals surface area contributed by atoms with Crippen LogP contribution in [-0.4, -0.2) is 18.9 Å². The number of halogens is 2. The van der Waals surface area contributed by atoms with E-state index < -0.39 is 11.8 Å². The number of likely N-dealkylation sites (N-methyl/N-ethyl adjacent to an activating group) is 1. The van der Waals surface area contributed by atoms with E-state index in [0.717, 1.165) is 0 Å². The van der Waals surface area contributed by atoms with Crippen molar-refractivity contribution in [2.75, 3.05) is 17.3 Å². The predicted octanol–water partition coefficient (Wildman–Crippen LogP) is 3.59. The van der Waals surface area contributed by atoms with Crippen molar-refractivity contribution < 1.29 is 9.59 Å². The van der Waals surface area contributed by atoms with Crippen LogP contribution in [-0.2, 0) is 9.59 Å². The molecular weight excluding hydrogens is 311 g/mol. The highest BCUT2D eigenvalue weighted by molar-refractivity contribution is 6.45. The number of anilines is 2. The first-order valence-electron chi connectivity index (χ1n) is 6.08. The molecule has 0 atom stereocenters. The molecule has 0 saturated carbocycles. The highest BCUT2D eigenvalue weighted by atomic mass is 35.5. The first-order valence-corrected chi connectivity index (χ1v) is 6.84. The van der Waals surface area contributed by atoms with Crippen molar-refractivity contribution in [1.29, 1.82) is 0 Å². The van der Waals surface area contributed by atoms with Crippen LogP contribution in [0.5, 0.6) is 0 Å². The van der Waals surface area contributed by atoms with Gasteiger partial charge in [-0.15, -0.1) is 0 Å². The fraction of sp³-hybridized carbons (Fsp3) is 0.0667. The van der Waals surface area contributed by atoms with Crippen molar-refractivity contribution in [1.82, 2.24) is 0 Å². The predicted molar refractivity (Wildman–Crippen MR) is 84.9 cm³/mol. The van der Waals surface area contributed by atoms with E-state index in [0.29, 0.717) is 21.4 Å². The largest absolute Gasteiger partial charge is 0.316 e.